The van der Waals surface area contributed by atoms with Crippen LogP contribution in [0.2, 0.25) is 0 Å². The van der Waals surface area contributed by atoms with Gasteiger partial charge in [-0.25, -0.2) is 4.98 Å². The van der Waals surface area contributed by atoms with E-state index in [4.69, 9.17) is 4.74 Å². The first-order valence-electron chi connectivity index (χ1n) is 4.96. The molecule has 20 heavy (non-hydrogen) atoms. The molecule has 2 nitrogen and oxygen atoms in total. The van der Waals surface area contributed by atoms with Crippen molar-refractivity contribution < 1.29 is 31.1 Å². The normalized spacial score (nSPS) is 12.5. The molecule has 1 heterocycles. The van der Waals surface area contributed by atoms with Crippen molar-refractivity contribution in [3.8, 4) is 10.8 Å². The summed E-state index contributed by atoms with van der Waals surface area (Å²) >= 11 is 0.663. The summed E-state index contributed by atoms with van der Waals surface area (Å²) in [5.41, 5.74) is -0.728. The molecular formula is C11H4F6NOS. The van der Waals surface area contributed by atoms with Crippen LogP contribution in [0.15, 0.2) is 24.4 Å². The minimum absolute atomic E-state index is 0.216. The summed E-state index contributed by atoms with van der Waals surface area (Å²) in [7, 11) is 0. The van der Waals surface area contributed by atoms with Crippen LogP contribution in [0.5, 0.6) is 10.8 Å². The second-order valence-electron chi connectivity index (χ2n) is 3.55. The minimum atomic E-state index is -4.97. The summed E-state index contributed by atoms with van der Waals surface area (Å²) < 4.78 is 81.4. The third-order valence-corrected chi connectivity index (χ3v) is 2.78. The van der Waals surface area contributed by atoms with Gasteiger partial charge in [0.05, 0.1) is 17.3 Å². The standard InChI is InChI=1S/C11H4F6NOS/c12-10(13,14)6-2-1-3-7(11(15,16)17)9(6)19-8-4-18-5-20-8/h1-4H. The Kier molecular flexibility index (Phi) is 3.63. The Labute approximate surface area is 112 Å². The molecule has 1 aromatic carbocycles. The zero-order chi connectivity index (χ0) is 15.0. The molecule has 9 heteroatoms. The van der Waals surface area contributed by atoms with Gasteiger partial charge in [-0.1, -0.05) is 17.4 Å². The van der Waals surface area contributed by atoms with Gasteiger partial charge < -0.3 is 4.74 Å². The van der Waals surface area contributed by atoms with Gasteiger partial charge in [0.15, 0.2) is 11.3 Å². The van der Waals surface area contributed by atoms with Gasteiger partial charge in [0.25, 0.3) is 0 Å². The Morgan fingerprint density at radius 3 is 1.95 bits per heavy atom. The highest BCUT2D eigenvalue weighted by atomic mass is 32.1. The molecule has 107 valence electrons. The molecule has 0 saturated heterocycles. The van der Waals surface area contributed by atoms with E-state index in [9.17, 15) is 26.3 Å². The zero-order valence-electron chi connectivity index (χ0n) is 9.34. The van der Waals surface area contributed by atoms with Crippen LogP contribution in [0.4, 0.5) is 26.3 Å². The lowest BCUT2D eigenvalue weighted by molar-refractivity contribution is -0.144. The fourth-order valence-corrected chi connectivity index (χ4v) is 1.84. The molecule has 2 aromatic rings. The Morgan fingerprint density at radius 1 is 1.00 bits per heavy atom. The van der Waals surface area contributed by atoms with Crippen molar-refractivity contribution >= 4 is 11.3 Å². The number of rotatable bonds is 2. The van der Waals surface area contributed by atoms with Crippen molar-refractivity contribution in [2.45, 2.75) is 12.4 Å². The predicted octanol–water partition coefficient (Wildman–Crippen LogP) is 4.77. The number of hydrogen-bond donors (Lipinski definition) is 0. The van der Waals surface area contributed by atoms with Crippen LogP contribution in [-0.4, -0.2) is 4.98 Å². The maximum Gasteiger partial charge on any atom is 0.420 e. The summed E-state index contributed by atoms with van der Waals surface area (Å²) in [4.78, 5) is 3.41. The fourth-order valence-electron chi connectivity index (χ4n) is 1.42. The van der Waals surface area contributed by atoms with E-state index in [-0.39, 0.29) is 5.06 Å². The first-order valence-corrected chi connectivity index (χ1v) is 5.78. The quantitative estimate of drug-likeness (QED) is 0.745. The molecule has 0 saturated carbocycles. The van der Waals surface area contributed by atoms with E-state index in [1.807, 2.05) is 0 Å². The predicted molar refractivity (Wildman–Crippen MR) is 57.5 cm³/mol. The summed E-state index contributed by atoms with van der Waals surface area (Å²) in [5, 5.41) is -0.216. The molecule has 0 N–H and O–H groups in total. The smallest absolute Gasteiger partial charge is 0.420 e. The maximum atomic E-state index is 12.8. The highest BCUT2D eigenvalue weighted by Gasteiger charge is 2.42. The van der Waals surface area contributed by atoms with Gasteiger partial charge in [0.1, 0.15) is 0 Å². The molecule has 0 unspecified atom stereocenters. The van der Waals surface area contributed by atoms with Gasteiger partial charge in [0, 0.05) is 0 Å². The molecular weight excluding hydrogens is 308 g/mol. The van der Waals surface area contributed by atoms with E-state index < -0.39 is 29.2 Å². The molecule has 0 bridgehead atoms. The van der Waals surface area contributed by atoms with E-state index in [0.29, 0.717) is 29.5 Å². The number of alkyl halides is 6. The average Bonchev–Trinajstić information content (AvgIpc) is 2.79. The van der Waals surface area contributed by atoms with Crippen LogP contribution in [0.3, 0.4) is 0 Å². The Hall–Kier alpha value is -1.77. The van der Waals surface area contributed by atoms with Crippen LogP contribution >= 0.6 is 11.3 Å². The lowest BCUT2D eigenvalue weighted by Gasteiger charge is -2.17. The Bertz CT molecular complexity index is 558. The SMILES string of the molecule is FC(F)(F)c1cccc(C(F)(F)F)c1Oc1cn[c]s1. The summed E-state index contributed by atoms with van der Waals surface area (Å²) in [6.45, 7) is 0. The van der Waals surface area contributed by atoms with Crippen molar-refractivity contribution in [2.75, 3.05) is 0 Å². The molecule has 0 aliphatic carbocycles. The van der Waals surface area contributed by atoms with Gasteiger partial charge in [-0.15, -0.1) is 0 Å². The van der Waals surface area contributed by atoms with Crippen molar-refractivity contribution in [3.05, 3.63) is 41.0 Å². The summed E-state index contributed by atoms with van der Waals surface area (Å²) in [6, 6.07) is 1.72. The largest absolute Gasteiger partial charge is 0.444 e. The van der Waals surface area contributed by atoms with E-state index >= 15 is 0 Å². The summed E-state index contributed by atoms with van der Waals surface area (Å²) in [6.07, 6.45) is -8.95. The third kappa shape index (κ3) is 3.03. The van der Waals surface area contributed by atoms with Crippen LogP contribution in [0, 0.1) is 5.51 Å². The summed E-state index contributed by atoms with van der Waals surface area (Å²) in [5.74, 6) is -1.29. The molecule has 0 aliphatic heterocycles. The zero-order valence-corrected chi connectivity index (χ0v) is 10.2. The van der Waals surface area contributed by atoms with E-state index in [1.54, 1.807) is 0 Å². The number of hydrogen-bond acceptors (Lipinski definition) is 3. The van der Waals surface area contributed by atoms with E-state index in [2.05, 4.69) is 10.5 Å². The number of ether oxygens (including phenoxy) is 1. The van der Waals surface area contributed by atoms with Crippen LogP contribution in [0.25, 0.3) is 0 Å². The topological polar surface area (TPSA) is 22.1 Å². The molecule has 0 spiro atoms. The van der Waals surface area contributed by atoms with Crippen LogP contribution in [0.1, 0.15) is 11.1 Å². The molecule has 0 amide bonds. The monoisotopic (exact) mass is 312 g/mol. The van der Waals surface area contributed by atoms with Crippen LogP contribution < -0.4 is 4.74 Å². The molecule has 2 rings (SSSR count). The lowest BCUT2D eigenvalue weighted by Crippen LogP contribution is -2.13. The second kappa shape index (κ2) is 4.97. The molecule has 1 radical (unpaired) electrons. The molecule has 0 aliphatic rings. The van der Waals surface area contributed by atoms with Gasteiger partial charge in [0.2, 0.25) is 5.06 Å². The van der Waals surface area contributed by atoms with Gasteiger partial charge in [-0.3, -0.25) is 0 Å². The third-order valence-electron chi connectivity index (χ3n) is 2.20. The lowest BCUT2D eigenvalue weighted by atomic mass is 10.1. The average molecular weight is 312 g/mol. The van der Waals surface area contributed by atoms with Crippen LogP contribution in [-0.2, 0) is 12.4 Å². The van der Waals surface area contributed by atoms with E-state index in [0.717, 1.165) is 6.20 Å². The fraction of sp³-hybridized carbons (Fsp3) is 0.182. The van der Waals surface area contributed by atoms with Crippen molar-refractivity contribution in [1.29, 1.82) is 0 Å². The molecule has 0 fully saturated rings. The number of thiazole rings is 1. The van der Waals surface area contributed by atoms with Gasteiger partial charge in [-0.05, 0) is 12.1 Å². The number of nitrogens with zero attached hydrogens (tertiary/aromatic N) is 1. The number of para-hydroxylation sites is 1. The van der Waals surface area contributed by atoms with Crippen molar-refractivity contribution in [2.24, 2.45) is 0 Å². The number of aromatic nitrogens is 1. The van der Waals surface area contributed by atoms with Gasteiger partial charge >= 0.3 is 12.4 Å². The first-order chi connectivity index (χ1) is 9.19. The number of benzene rings is 1. The molecule has 1 aromatic heterocycles. The van der Waals surface area contributed by atoms with Crippen molar-refractivity contribution in [1.82, 2.24) is 4.98 Å². The molecule has 0 atom stereocenters. The minimum Gasteiger partial charge on any atom is -0.444 e. The first kappa shape index (κ1) is 14.6. The van der Waals surface area contributed by atoms with E-state index in [1.165, 1.54) is 0 Å². The van der Waals surface area contributed by atoms with Crippen molar-refractivity contribution in [3.63, 3.8) is 0 Å². The maximum absolute atomic E-state index is 12.8. The Morgan fingerprint density at radius 2 is 1.55 bits per heavy atom. The Balaban J connectivity index is 2.59. The van der Waals surface area contributed by atoms with Gasteiger partial charge in [-0.2, -0.15) is 26.3 Å². The number of halogens is 6. The highest BCUT2D eigenvalue weighted by Crippen LogP contribution is 2.45. The second-order valence-corrected chi connectivity index (χ2v) is 4.34. The highest BCUT2D eigenvalue weighted by molar-refractivity contribution is 7.11.